The van der Waals surface area contributed by atoms with E-state index >= 15 is 0 Å². The molecule has 94 valence electrons. The van der Waals surface area contributed by atoms with E-state index < -0.39 is 0 Å². The lowest BCUT2D eigenvalue weighted by molar-refractivity contribution is -0.137. The van der Waals surface area contributed by atoms with Gasteiger partial charge in [-0.25, -0.2) is 0 Å². The Morgan fingerprint density at radius 1 is 1.19 bits per heavy atom. The monoisotopic (exact) mass is 229 g/mol. The zero-order chi connectivity index (χ0) is 11.3. The lowest BCUT2D eigenvalue weighted by atomic mass is 9.82. The first kappa shape index (κ1) is 12.3. The van der Waals surface area contributed by atoms with Crippen molar-refractivity contribution in [2.45, 2.75) is 32.3 Å². The predicted octanol–water partition coefficient (Wildman–Crippen LogP) is 1.16. The molecule has 2 fully saturated rings. The van der Waals surface area contributed by atoms with Crippen molar-refractivity contribution in [3.05, 3.63) is 0 Å². The third-order valence-corrected chi connectivity index (χ3v) is 3.59. The Kier molecular flexibility index (Phi) is 4.58. The molecule has 0 aromatic rings. The zero-order valence-electron chi connectivity index (χ0n) is 10.2. The molecule has 0 aliphatic carbocycles. The first-order valence-corrected chi connectivity index (χ1v) is 6.26. The standard InChI is InChI=1S/C12H23NO3/c1-12(3-6-14-7-4-12)9-13-8-11-2-5-15-10-16-11/h11,13H,2-10H2,1H3. The molecule has 0 bridgehead atoms. The lowest BCUT2D eigenvalue weighted by Crippen LogP contribution is -2.41. The van der Waals surface area contributed by atoms with Gasteiger partial charge in [0.2, 0.25) is 0 Å². The Balaban J connectivity index is 1.62. The summed E-state index contributed by atoms with van der Waals surface area (Å²) in [7, 11) is 0. The van der Waals surface area contributed by atoms with E-state index in [0.29, 0.717) is 18.3 Å². The van der Waals surface area contributed by atoms with Crippen LogP contribution in [0.5, 0.6) is 0 Å². The van der Waals surface area contributed by atoms with Crippen LogP contribution in [0.3, 0.4) is 0 Å². The van der Waals surface area contributed by atoms with Crippen molar-refractivity contribution in [1.29, 1.82) is 0 Å². The minimum Gasteiger partial charge on any atom is -0.381 e. The van der Waals surface area contributed by atoms with Crippen LogP contribution in [0.15, 0.2) is 0 Å². The second-order valence-electron chi connectivity index (χ2n) is 5.16. The first-order chi connectivity index (χ1) is 7.79. The van der Waals surface area contributed by atoms with Crippen LogP contribution in [0.4, 0.5) is 0 Å². The van der Waals surface area contributed by atoms with Crippen LogP contribution < -0.4 is 5.32 Å². The van der Waals surface area contributed by atoms with Crippen LogP contribution >= 0.6 is 0 Å². The van der Waals surface area contributed by atoms with Gasteiger partial charge < -0.3 is 19.5 Å². The summed E-state index contributed by atoms with van der Waals surface area (Å²) in [4.78, 5) is 0. The van der Waals surface area contributed by atoms with Crippen LogP contribution in [0.2, 0.25) is 0 Å². The molecule has 0 spiro atoms. The topological polar surface area (TPSA) is 39.7 Å². The van der Waals surface area contributed by atoms with Crippen molar-refractivity contribution < 1.29 is 14.2 Å². The van der Waals surface area contributed by atoms with E-state index in [-0.39, 0.29) is 0 Å². The molecule has 2 rings (SSSR count). The quantitative estimate of drug-likeness (QED) is 0.785. The number of nitrogens with one attached hydrogen (secondary N) is 1. The number of hydrogen-bond donors (Lipinski definition) is 1. The molecule has 4 heteroatoms. The van der Waals surface area contributed by atoms with Gasteiger partial charge in [0.1, 0.15) is 6.79 Å². The molecule has 0 aromatic carbocycles. The van der Waals surface area contributed by atoms with Gasteiger partial charge in [-0.3, -0.25) is 0 Å². The number of ether oxygens (including phenoxy) is 3. The van der Waals surface area contributed by atoms with E-state index in [1.165, 1.54) is 0 Å². The highest BCUT2D eigenvalue weighted by Gasteiger charge is 2.27. The van der Waals surface area contributed by atoms with Crippen LogP contribution in [0, 0.1) is 5.41 Å². The van der Waals surface area contributed by atoms with Crippen LogP contribution in [0.1, 0.15) is 26.2 Å². The first-order valence-electron chi connectivity index (χ1n) is 6.26. The smallest absolute Gasteiger partial charge is 0.147 e. The average Bonchev–Trinajstić information content (AvgIpc) is 2.31. The van der Waals surface area contributed by atoms with E-state index in [1.807, 2.05) is 0 Å². The highest BCUT2D eigenvalue weighted by molar-refractivity contribution is 4.80. The van der Waals surface area contributed by atoms with Gasteiger partial charge in [0.15, 0.2) is 0 Å². The van der Waals surface area contributed by atoms with Crippen molar-refractivity contribution in [3.63, 3.8) is 0 Å². The SMILES string of the molecule is CC1(CNCC2CCOCO2)CCOCC1. The minimum absolute atomic E-state index is 0.331. The second-order valence-corrected chi connectivity index (χ2v) is 5.16. The van der Waals surface area contributed by atoms with Gasteiger partial charge in [0, 0.05) is 26.3 Å². The number of rotatable bonds is 4. The highest BCUT2D eigenvalue weighted by Crippen LogP contribution is 2.28. The molecule has 0 saturated carbocycles. The Morgan fingerprint density at radius 3 is 2.69 bits per heavy atom. The van der Waals surface area contributed by atoms with Gasteiger partial charge in [-0.1, -0.05) is 6.92 Å². The molecule has 0 amide bonds. The molecule has 2 heterocycles. The van der Waals surface area contributed by atoms with Gasteiger partial charge in [0.05, 0.1) is 12.7 Å². The fourth-order valence-corrected chi connectivity index (χ4v) is 2.24. The van der Waals surface area contributed by atoms with Gasteiger partial charge in [-0.2, -0.15) is 0 Å². The van der Waals surface area contributed by atoms with Gasteiger partial charge in [-0.15, -0.1) is 0 Å². The summed E-state index contributed by atoms with van der Waals surface area (Å²) < 4.78 is 16.0. The van der Waals surface area contributed by atoms with Gasteiger partial charge in [0.25, 0.3) is 0 Å². The third-order valence-electron chi connectivity index (χ3n) is 3.59. The summed E-state index contributed by atoms with van der Waals surface area (Å²) in [6.07, 6.45) is 3.66. The van der Waals surface area contributed by atoms with E-state index in [1.54, 1.807) is 0 Å². The molecular formula is C12H23NO3. The van der Waals surface area contributed by atoms with Crippen molar-refractivity contribution in [1.82, 2.24) is 5.32 Å². The Labute approximate surface area is 97.6 Å². The maximum Gasteiger partial charge on any atom is 0.147 e. The molecule has 0 radical (unpaired) electrons. The third kappa shape index (κ3) is 3.70. The fourth-order valence-electron chi connectivity index (χ4n) is 2.24. The molecule has 2 saturated heterocycles. The van der Waals surface area contributed by atoms with Gasteiger partial charge in [-0.05, 0) is 24.7 Å². The van der Waals surface area contributed by atoms with E-state index in [2.05, 4.69) is 12.2 Å². The molecule has 2 aliphatic heterocycles. The summed E-state index contributed by atoms with van der Waals surface area (Å²) in [5, 5.41) is 3.53. The minimum atomic E-state index is 0.331. The van der Waals surface area contributed by atoms with Crippen molar-refractivity contribution in [3.8, 4) is 0 Å². The molecule has 4 nitrogen and oxygen atoms in total. The summed E-state index contributed by atoms with van der Waals surface area (Å²) in [5.74, 6) is 0. The van der Waals surface area contributed by atoms with Crippen molar-refractivity contribution in [2.75, 3.05) is 39.7 Å². The summed E-state index contributed by atoms with van der Waals surface area (Å²) in [6, 6.07) is 0. The van der Waals surface area contributed by atoms with Crippen LogP contribution in [-0.4, -0.2) is 45.8 Å². The highest BCUT2D eigenvalue weighted by atomic mass is 16.7. The van der Waals surface area contributed by atoms with Crippen molar-refractivity contribution >= 4 is 0 Å². The Bertz CT molecular complexity index is 198. The second kappa shape index (κ2) is 5.96. The maximum atomic E-state index is 5.49. The molecule has 1 unspecified atom stereocenters. The number of hydrogen-bond acceptors (Lipinski definition) is 4. The average molecular weight is 229 g/mol. The molecule has 2 aliphatic rings. The predicted molar refractivity (Wildman–Crippen MR) is 61.3 cm³/mol. The van der Waals surface area contributed by atoms with E-state index in [9.17, 15) is 0 Å². The van der Waals surface area contributed by atoms with Crippen molar-refractivity contribution in [2.24, 2.45) is 5.41 Å². The lowest BCUT2D eigenvalue weighted by Gasteiger charge is -2.34. The van der Waals surface area contributed by atoms with E-state index in [0.717, 1.165) is 52.2 Å². The summed E-state index contributed by atoms with van der Waals surface area (Å²) in [6.45, 7) is 7.46. The summed E-state index contributed by atoms with van der Waals surface area (Å²) in [5.41, 5.74) is 0.406. The van der Waals surface area contributed by atoms with Crippen LogP contribution in [0.25, 0.3) is 0 Å². The zero-order valence-corrected chi connectivity index (χ0v) is 10.2. The largest absolute Gasteiger partial charge is 0.381 e. The molecule has 0 aromatic heterocycles. The molecule has 1 N–H and O–H groups in total. The maximum absolute atomic E-state index is 5.49. The molecule has 1 atom stereocenters. The summed E-state index contributed by atoms with van der Waals surface area (Å²) >= 11 is 0. The van der Waals surface area contributed by atoms with Crippen LogP contribution in [-0.2, 0) is 14.2 Å². The van der Waals surface area contributed by atoms with Gasteiger partial charge >= 0.3 is 0 Å². The molecular weight excluding hydrogens is 206 g/mol. The Hall–Kier alpha value is -0.160. The van der Waals surface area contributed by atoms with E-state index in [4.69, 9.17) is 14.2 Å². The Morgan fingerprint density at radius 2 is 2.00 bits per heavy atom. The fraction of sp³-hybridized carbons (Fsp3) is 1.00. The molecule has 16 heavy (non-hydrogen) atoms. The normalized spacial score (nSPS) is 30.2.